The summed E-state index contributed by atoms with van der Waals surface area (Å²) in [7, 11) is -3.87. The molecule has 0 heterocycles. The van der Waals surface area contributed by atoms with Crippen molar-refractivity contribution in [2.24, 2.45) is 0 Å². The fourth-order valence-electron chi connectivity index (χ4n) is 0.499. The Morgan fingerprint density at radius 1 is 1.55 bits per heavy atom. The smallest absolute Gasteiger partial charge is 0.266 e. The quantitative estimate of drug-likeness (QED) is 0.468. The van der Waals surface area contributed by atoms with E-state index in [-0.39, 0.29) is 24.9 Å². The van der Waals surface area contributed by atoms with E-state index in [2.05, 4.69) is 5.32 Å². The summed E-state index contributed by atoms with van der Waals surface area (Å²) in [6.45, 7) is 1.82. The van der Waals surface area contributed by atoms with Crippen LogP contribution in [-0.4, -0.2) is 43.0 Å². The molecule has 0 fully saturated rings. The number of hydrogen-bond acceptors (Lipinski definition) is 4. The molecule has 1 unspecified atom stereocenters. The standard InChI is InChI=1S/C5H13NO4S/c1-5(4-7)6-2-3-11(8,9)10/h5-7H,2-4H2,1H3,(H,8,9,10). The second kappa shape index (κ2) is 4.66. The van der Waals surface area contributed by atoms with Gasteiger partial charge in [0, 0.05) is 12.6 Å². The van der Waals surface area contributed by atoms with Gasteiger partial charge in [0.15, 0.2) is 0 Å². The highest BCUT2D eigenvalue weighted by Gasteiger charge is 2.04. The van der Waals surface area contributed by atoms with E-state index in [0.717, 1.165) is 0 Å². The highest BCUT2D eigenvalue weighted by Crippen LogP contribution is 1.81. The Kier molecular flexibility index (Phi) is 4.58. The Morgan fingerprint density at radius 2 is 2.09 bits per heavy atom. The molecular weight excluding hydrogens is 170 g/mol. The van der Waals surface area contributed by atoms with Gasteiger partial charge in [-0.25, -0.2) is 0 Å². The zero-order chi connectivity index (χ0) is 8.91. The summed E-state index contributed by atoms with van der Waals surface area (Å²) in [5.74, 6) is -0.322. The SMILES string of the molecule is CC(CO)NCCS(=O)(=O)O. The fraction of sp³-hybridized carbons (Fsp3) is 1.00. The van der Waals surface area contributed by atoms with E-state index in [1.165, 1.54) is 0 Å². The normalized spacial score (nSPS) is 14.8. The number of aliphatic hydroxyl groups excluding tert-OH is 1. The van der Waals surface area contributed by atoms with Gasteiger partial charge in [0.2, 0.25) is 0 Å². The van der Waals surface area contributed by atoms with Crippen LogP contribution in [0.15, 0.2) is 0 Å². The van der Waals surface area contributed by atoms with Crippen molar-refractivity contribution >= 4 is 10.1 Å². The van der Waals surface area contributed by atoms with Crippen molar-refractivity contribution in [1.82, 2.24) is 5.32 Å². The van der Waals surface area contributed by atoms with Crippen LogP contribution in [0.5, 0.6) is 0 Å². The van der Waals surface area contributed by atoms with Gasteiger partial charge in [0.05, 0.1) is 12.4 Å². The van der Waals surface area contributed by atoms with Crippen LogP contribution in [0.2, 0.25) is 0 Å². The molecule has 5 nitrogen and oxygen atoms in total. The molecule has 0 saturated carbocycles. The minimum Gasteiger partial charge on any atom is -0.395 e. The van der Waals surface area contributed by atoms with Gasteiger partial charge in [-0.05, 0) is 6.92 Å². The molecule has 0 aliphatic heterocycles. The molecule has 68 valence electrons. The van der Waals surface area contributed by atoms with Gasteiger partial charge in [0.25, 0.3) is 10.1 Å². The van der Waals surface area contributed by atoms with Crippen LogP contribution >= 0.6 is 0 Å². The second-order valence-corrected chi connectivity index (χ2v) is 3.90. The molecule has 0 saturated heterocycles. The highest BCUT2D eigenvalue weighted by molar-refractivity contribution is 7.85. The lowest BCUT2D eigenvalue weighted by Crippen LogP contribution is -2.33. The van der Waals surface area contributed by atoms with E-state index in [1.807, 2.05) is 0 Å². The fourth-order valence-corrected chi connectivity index (χ4v) is 0.875. The van der Waals surface area contributed by atoms with Crippen LogP contribution in [0.3, 0.4) is 0 Å². The van der Waals surface area contributed by atoms with Gasteiger partial charge >= 0.3 is 0 Å². The third kappa shape index (κ3) is 7.73. The van der Waals surface area contributed by atoms with Crippen molar-refractivity contribution in [3.63, 3.8) is 0 Å². The third-order valence-corrected chi connectivity index (χ3v) is 1.85. The van der Waals surface area contributed by atoms with Gasteiger partial charge in [-0.15, -0.1) is 0 Å². The van der Waals surface area contributed by atoms with Crippen molar-refractivity contribution in [3.8, 4) is 0 Å². The molecule has 0 bridgehead atoms. The largest absolute Gasteiger partial charge is 0.395 e. The molecule has 0 aromatic carbocycles. The molecule has 0 aromatic rings. The van der Waals surface area contributed by atoms with E-state index in [9.17, 15) is 8.42 Å². The lowest BCUT2D eigenvalue weighted by Gasteiger charge is -2.08. The predicted octanol–water partition coefficient (Wildman–Crippen LogP) is -1.16. The molecule has 0 rings (SSSR count). The summed E-state index contributed by atoms with van der Waals surface area (Å²) >= 11 is 0. The number of rotatable bonds is 5. The Hall–Kier alpha value is -0.170. The molecule has 3 N–H and O–H groups in total. The first-order chi connectivity index (χ1) is 4.95. The summed E-state index contributed by atoms with van der Waals surface area (Å²) in [5, 5.41) is 11.2. The minimum atomic E-state index is -3.87. The van der Waals surface area contributed by atoms with Crippen LogP contribution in [-0.2, 0) is 10.1 Å². The second-order valence-electron chi connectivity index (χ2n) is 2.32. The zero-order valence-corrected chi connectivity index (χ0v) is 7.13. The maximum absolute atomic E-state index is 10.2. The van der Waals surface area contributed by atoms with E-state index in [1.54, 1.807) is 6.92 Å². The molecule has 0 aliphatic carbocycles. The van der Waals surface area contributed by atoms with Crippen molar-refractivity contribution in [1.29, 1.82) is 0 Å². The zero-order valence-electron chi connectivity index (χ0n) is 6.32. The molecule has 0 aromatic heterocycles. The van der Waals surface area contributed by atoms with Crippen LogP contribution in [0, 0.1) is 0 Å². The molecule has 1 atom stereocenters. The topological polar surface area (TPSA) is 86.6 Å². The third-order valence-electron chi connectivity index (χ3n) is 1.13. The van der Waals surface area contributed by atoms with Crippen LogP contribution in [0.1, 0.15) is 6.92 Å². The summed E-state index contributed by atoms with van der Waals surface area (Å²) in [4.78, 5) is 0. The number of aliphatic hydroxyl groups is 1. The Labute approximate surface area is 66.2 Å². The molecule has 0 amide bonds. The van der Waals surface area contributed by atoms with Crippen molar-refractivity contribution < 1.29 is 18.1 Å². The average molecular weight is 183 g/mol. The van der Waals surface area contributed by atoms with Gasteiger partial charge < -0.3 is 10.4 Å². The van der Waals surface area contributed by atoms with E-state index < -0.39 is 10.1 Å². The molecule has 0 aliphatic rings. The molecule has 0 spiro atoms. The van der Waals surface area contributed by atoms with Crippen molar-refractivity contribution in [2.75, 3.05) is 18.9 Å². The van der Waals surface area contributed by atoms with Gasteiger partial charge in [-0.1, -0.05) is 0 Å². The Balaban J connectivity index is 3.43. The van der Waals surface area contributed by atoms with Crippen molar-refractivity contribution in [2.45, 2.75) is 13.0 Å². The maximum Gasteiger partial charge on any atom is 0.266 e. The molecule has 6 heteroatoms. The van der Waals surface area contributed by atoms with Crippen LogP contribution < -0.4 is 5.32 Å². The average Bonchev–Trinajstić information content (AvgIpc) is 1.85. The Morgan fingerprint density at radius 3 is 2.45 bits per heavy atom. The number of hydrogen-bond donors (Lipinski definition) is 3. The predicted molar refractivity (Wildman–Crippen MR) is 41.0 cm³/mol. The van der Waals surface area contributed by atoms with Crippen LogP contribution in [0.25, 0.3) is 0 Å². The lowest BCUT2D eigenvalue weighted by atomic mass is 10.4. The Bertz CT molecular complexity index is 189. The summed E-state index contributed by atoms with van der Waals surface area (Å²) < 4.78 is 28.6. The first kappa shape index (κ1) is 10.8. The first-order valence-electron chi connectivity index (χ1n) is 3.25. The lowest BCUT2D eigenvalue weighted by molar-refractivity contribution is 0.253. The monoisotopic (exact) mass is 183 g/mol. The van der Waals surface area contributed by atoms with E-state index in [0.29, 0.717) is 0 Å². The molecule has 11 heavy (non-hydrogen) atoms. The van der Waals surface area contributed by atoms with Crippen molar-refractivity contribution in [3.05, 3.63) is 0 Å². The maximum atomic E-state index is 10.2. The summed E-state index contributed by atoms with van der Waals surface area (Å²) in [6.07, 6.45) is 0. The minimum absolute atomic E-state index is 0.0501. The summed E-state index contributed by atoms with van der Waals surface area (Å²) in [5.41, 5.74) is 0. The first-order valence-corrected chi connectivity index (χ1v) is 4.86. The summed E-state index contributed by atoms with van der Waals surface area (Å²) in [6, 6.07) is -0.142. The van der Waals surface area contributed by atoms with Crippen LogP contribution in [0.4, 0.5) is 0 Å². The van der Waals surface area contributed by atoms with Gasteiger partial charge in [-0.3, -0.25) is 4.55 Å². The van der Waals surface area contributed by atoms with Gasteiger partial charge in [0.1, 0.15) is 0 Å². The van der Waals surface area contributed by atoms with Gasteiger partial charge in [-0.2, -0.15) is 8.42 Å². The molecule has 0 radical (unpaired) electrons. The highest BCUT2D eigenvalue weighted by atomic mass is 32.2. The molecular formula is C5H13NO4S. The van der Waals surface area contributed by atoms with E-state index in [4.69, 9.17) is 9.66 Å². The van der Waals surface area contributed by atoms with E-state index >= 15 is 0 Å². The number of nitrogens with one attached hydrogen (secondary N) is 1.